The highest BCUT2D eigenvalue weighted by Crippen LogP contribution is 2.15. The Balaban J connectivity index is 2.11. The molecule has 0 aliphatic carbocycles. The van der Waals surface area contributed by atoms with Crippen LogP contribution < -0.4 is 5.73 Å². The lowest BCUT2D eigenvalue weighted by Gasteiger charge is -2.32. The maximum absolute atomic E-state index is 5.85. The molecule has 0 aromatic carbocycles. The highest BCUT2D eigenvalue weighted by Gasteiger charge is 2.19. The second-order valence-electron chi connectivity index (χ2n) is 5.42. The van der Waals surface area contributed by atoms with Crippen LogP contribution in [0.25, 0.3) is 0 Å². The van der Waals surface area contributed by atoms with Crippen LogP contribution in [0.4, 0.5) is 0 Å². The highest BCUT2D eigenvalue weighted by atomic mass is 16.5. The molecule has 0 bridgehead atoms. The number of likely N-dealkylation sites (tertiary alicyclic amines) is 1. The summed E-state index contributed by atoms with van der Waals surface area (Å²) in [4.78, 5) is 2.56. The summed E-state index contributed by atoms with van der Waals surface area (Å²) in [5.41, 5.74) is 5.63. The summed E-state index contributed by atoms with van der Waals surface area (Å²) in [6, 6.07) is 0. The van der Waals surface area contributed by atoms with Gasteiger partial charge in [-0.25, -0.2) is 0 Å². The van der Waals surface area contributed by atoms with Gasteiger partial charge in [-0.05, 0) is 57.7 Å². The van der Waals surface area contributed by atoms with E-state index in [0.29, 0.717) is 12.0 Å². The van der Waals surface area contributed by atoms with E-state index < -0.39 is 0 Å². The fourth-order valence-corrected chi connectivity index (χ4v) is 2.42. The van der Waals surface area contributed by atoms with Gasteiger partial charge in [-0.15, -0.1) is 0 Å². The minimum absolute atomic E-state index is 0.482. The predicted molar refractivity (Wildman–Crippen MR) is 73.2 cm³/mol. The van der Waals surface area contributed by atoms with Crippen molar-refractivity contribution in [1.29, 1.82) is 0 Å². The molecule has 2 N–H and O–H groups in total. The van der Waals surface area contributed by atoms with Crippen molar-refractivity contribution in [1.82, 2.24) is 4.90 Å². The summed E-state index contributed by atoms with van der Waals surface area (Å²) in [5.74, 6) is 0.673. The average Bonchev–Trinajstić information content (AvgIpc) is 2.36. The number of hydrogen-bond acceptors (Lipinski definition) is 3. The lowest BCUT2D eigenvalue weighted by atomic mass is 10.0. The van der Waals surface area contributed by atoms with Gasteiger partial charge >= 0.3 is 0 Å². The molecule has 1 fully saturated rings. The van der Waals surface area contributed by atoms with Crippen molar-refractivity contribution in [3.05, 3.63) is 0 Å². The van der Waals surface area contributed by atoms with Crippen molar-refractivity contribution < 1.29 is 4.74 Å². The molecule has 1 heterocycles. The fraction of sp³-hybridized carbons (Fsp3) is 1.00. The molecule has 2 unspecified atom stereocenters. The summed E-state index contributed by atoms with van der Waals surface area (Å²) in [5, 5.41) is 0. The summed E-state index contributed by atoms with van der Waals surface area (Å²) in [7, 11) is 0. The van der Waals surface area contributed by atoms with Crippen LogP contribution in [0.15, 0.2) is 0 Å². The summed E-state index contributed by atoms with van der Waals surface area (Å²) < 4.78 is 5.85. The lowest BCUT2D eigenvalue weighted by molar-refractivity contribution is -0.000522. The molecule has 0 radical (unpaired) electrons. The third-order valence-electron chi connectivity index (χ3n) is 3.59. The molecule has 0 amide bonds. The standard InChI is InChI=1S/C14H30N2O/c1-3-10-17-14-7-5-9-16(12-14)8-4-6-13(2)11-15/h13-14H,3-12,15H2,1-2H3. The van der Waals surface area contributed by atoms with E-state index >= 15 is 0 Å². The van der Waals surface area contributed by atoms with Gasteiger partial charge in [-0.3, -0.25) is 0 Å². The molecule has 3 nitrogen and oxygen atoms in total. The molecule has 1 aliphatic rings. The topological polar surface area (TPSA) is 38.5 Å². The Labute approximate surface area is 107 Å². The minimum atomic E-state index is 0.482. The third kappa shape index (κ3) is 6.39. The Bertz CT molecular complexity index is 187. The third-order valence-corrected chi connectivity index (χ3v) is 3.59. The largest absolute Gasteiger partial charge is 0.377 e. The van der Waals surface area contributed by atoms with E-state index in [9.17, 15) is 0 Å². The fourth-order valence-electron chi connectivity index (χ4n) is 2.42. The Morgan fingerprint density at radius 2 is 2.29 bits per heavy atom. The van der Waals surface area contributed by atoms with Crippen LogP contribution in [0.1, 0.15) is 46.0 Å². The number of nitrogens with zero attached hydrogens (tertiary/aromatic N) is 1. The van der Waals surface area contributed by atoms with Crippen LogP contribution in [0, 0.1) is 5.92 Å². The van der Waals surface area contributed by atoms with E-state index in [4.69, 9.17) is 10.5 Å². The van der Waals surface area contributed by atoms with E-state index in [2.05, 4.69) is 18.7 Å². The lowest BCUT2D eigenvalue weighted by Crippen LogP contribution is -2.40. The monoisotopic (exact) mass is 242 g/mol. The van der Waals surface area contributed by atoms with Gasteiger partial charge in [0, 0.05) is 13.2 Å². The summed E-state index contributed by atoms with van der Waals surface area (Å²) in [6.07, 6.45) is 6.68. The van der Waals surface area contributed by atoms with Crippen LogP contribution in [-0.2, 0) is 4.74 Å². The molecule has 17 heavy (non-hydrogen) atoms. The molecular weight excluding hydrogens is 212 g/mol. The van der Waals surface area contributed by atoms with Crippen molar-refractivity contribution in [3.63, 3.8) is 0 Å². The predicted octanol–water partition coefficient (Wildman–Crippen LogP) is 2.25. The summed E-state index contributed by atoms with van der Waals surface area (Å²) >= 11 is 0. The zero-order chi connectivity index (χ0) is 12.5. The number of hydrogen-bond donors (Lipinski definition) is 1. The van der Waals surface area contributed by atoms with Gasteiger partial charge in [0.15, 0.2) is 0 Å². The van der Waals surface area contributed by atoms with Gasteiger partial charge in [0.05, 0.1) is 6.10 Å². The quantitative estimate of drug-likeness (QED) is 0.709. The first-order chi connectivity index (χ1) is 8.26. The SMILES string of the molecule is CCCOC1CCCN(CCCC(C)CN)C1. The van der Waals surface area contributed by atoms with Crippen molar-refractivity contribution in [3.8, 4) is 0 Å². The average molecular weight is 242 g/mol. The number of nitrogens with two attached hydrogens (primary N) is 1. The Kier molecular flexibility index (Phi) is 7.82. The minimum Gasteiger partial charge on any atom is -0.377 e. The van der Waals surface area contributed by atoms with Gasteiger partial charge in [-0.1, -0.05) is 13.8 Å². The smallest absolute Gasteiger partial charge is 0.0702 e. The molecule has 1 rings (SSSR count). The van der Waals surface area contributed by atoms with Crippen molar-refractivity contribution in [2.45, 2.75) is 52.1 Å². The zero-order valence-corrected chi connectivity index (χ0v) is 11.7. The van der Waals surface area contributed by atoms with Crippen LogP contribution in [0.5, 0.6) is 0 Å². The van der Waals surface area contributed by atoms with Crippen molar-refractivity contribution in [2.75, 3.05) is 32.8 Å². The van der Waals surface area contributed by atoms with E-state index in [1.165, 1.54) is 38.8 Å². The maximum Gasteiger partial charge on any atom is 0.0702 e. The maximum atomic E-state index is 5.85. The van der Waals surface area contributed by atoms with Crippen LogP contribution in [0.3, 0.4) is 0 Å². The van der Waals surface area contributed by atoms with E-state index in [0.717, 1.165) is 26.1 Å². The van der Waals surface area contributed by atoms with Crippen molar-refractivity contribution in [2.24, 2.45) is 11.7 Å². The van der Waals surface area contributed by atoms with Gasteiger partial charge < -0.3 is 15.4 Å². The zero-order valence-electron chi connectivity index (χ0n) is 11.7. The van der Waals surface area contributed by atoms with Gasteiger partial charge in [0.2, 0.25) is 0 Å². The molecule has 3 heteroatoms. The first kappa shape index (κ1) is 14.9. The van der Waals surface area contributed by atoms with Crippen LogP contribution >= 0.6 is 0 Å². The molecule has 0 saturated carbocycles. The van der Waals surface area contributed by atoms with Gasteiger partial charge in [-0.2, -0.15) is 0 Å². The number of ether oxygens (including phenoxy) is 1. The molecule has 0 spiro atoms. The second-order valence-corrected chi connectivity index (χ2v) is 5.42. The first-order valence-corrected chi connectivity index (χ1v) is 7.30. The van der Waals surface area contributed by atoms with Gasteiger partial charge in [0.25, 0.3) is 0 Å². The Hall–Kier alpha value is -0.120. The molecule has 0 aromatic rings. The Morgan fingerprint density at radius 1 is 1.47 bits per heavy atom. The van der Waals surface area contributed by atoms with E-state index in [-0.39, 0.29) is 0 Å². The van der Waals surface area contributed by atoms with E-state index in [1.54, 1.807) is 0 Å². The molecule has 2 atom stereocenters. The van der Waals surface area contributed by atoms with Crippen LogP contribution in [0.2, 0.25) is 0 Å². The molecule has 0 aromatic heterocycles. The summed E-state index contributed by atoms with van der Waals surface area (Å²) in [6.45, 7) is 9.76. The molecular formula is C14H30N2O. The van der Waals surface area contributed by atoms with Crippen molar-refractivity contribution >= 4 is 0 Å². The highest BCUT2D eigenvalue weighted by molar-refractivity contribution is 4.73. The Morgan fingerprint density at radius 3 is 3.00 bits per heavy atom. The normalized spacial score (nSPS) is 23.8. The molecule has 1 aliphatic heterocycles. The van der Waals surface area contributed by atoms with Gasteiger partial charge in [0.1, 0.15) is 0 Å². The molecule has 1 saturated heterocycles. The molecule has 102 valence electrons. The van der Waals surface area contributed by atoms with E-state index in [1.807, 2.05) is 0 Å². The second kappa shape index (κ2) is 8.90. The number of rotatable bonds is 8. The van der Waals surface area contributed by atoms with Crippen LogP contribution in [-0.4, -0.2) is 43.8 Å². The first-order valence-electron chi connectivity index (χ1n) is 7.30. The number of piperidine rings is 1.